The Kier molecular flexibility index (Phi) is 8.96. The van der Waals surface area contributed by atoms with Gasteiger partial charge in [0.1, 0.15) is 33.8 Å². The largest absolute Gasteiger partial charge is 0.495 e. The third-order valence-corrected chi connectivity index (χ3v) is 6.63. The number of sulfonamides is 1. The number of rotatable bonds is 10. The van der Waals surface area contributed by atoms with Crippen molar-refractivity contribution in [1.82, 2.24) is 0 Å². The Bertz CT molecular complexity index is 1480. The van der Waals surface area contributed by atoms with Crippen molar-refractivity contribution in [3.05, 3.63) is 70.8 Å². The predicted molar refractivity (Wildman–Crippen MR) is 134 cm³/mol. The van der Waals surface area contributed by atoms with Gasteiger partial charge in [0.2, 0.25) is 0 Å². The lowest BCUT2D eigenvalue weighted by Gasteiger charge is -2.16. The van der Waals surface area contributed by atoms with Gasteiger partial charge in [0.05, 0.1) is 43.3 Å². The highest BCUT2D eigenvalue weighted by molar-refractivity contribution is 7.92. The standard InChI is InChI=1S/C24H21ClF2N2O8S/c1-34-19-7-4-13(24(31)37-12-23(30)28-17-6-5-14(26)9-16(17)27)8-22(19)38(32,33)29-18-10-15(25)20(35-2)11-21(18)36-3/h4-11,29H,12H2,1-3H3,(H,28,30). The smallest absolute Gasteiger partial charge is 0.338 e. The average Bonchev–Trinajstić information content (AvgIpc) is 2.88. The minimum atomic E-state index is -4.38. The lowest BCUT2D eigenvalue weighted by Crippen LogP contribution is -2.22. The lowest BCUT2D eigenvalue weighted by molar-refractivity contribution is -0.119. The summed E-state index contributed by atoms with van der Waals surface area (Å²) in [6.07, 6.45) is 0. The molecule has 0 heterocycles. The molecule has 202 valence electrons. The van der Waals surface area contributed by atoms with Crippen molar-refractivity contribution in [2.24, 2.45) is 0 Å². The van der Waals surface area contributed by atoms with Crippen LogP contribution in [0.15, 0.2) is 53.4 Å². The molecule has 0 fully saturated rings. The summed E-state index contributed by atoms with van der Waals surface area (Å²) in [7, 11) is -0.446. The molecule has 14 heteroatoms. The van der Waals surface area contributed by atoms with E-state index in [0.29, 0.717) is 6.07 Å². The van der Waals surface area contributed by atoms with Crippen LogP contribution in [0.5, 0.6) is 17.2 Å². The Morgan fingerprint density at radius 2 is 1.55 bits per heavy atom. The van der Waals surface area contributed by atoms with E-state index in [-0.39, 0.29) is 39.2 Å². The number of esters is 1. The number of carbonyl (C=O) groups excluding carboxylic acids is 2. The Hall–Kier alpha value is -4.10. The summed E-state index contributed by atoms with van der Waals surface area (Å²) in [6, 6.07) is 8.61. The highest BCUT2D eigenvalue weighted by Gasteiger charge is 2.25. The fourth-order valence-electron chi connectivity index (χ4n) is 3.14. The molecule has 3 aromatic carbocycles. The van der Waals surface area contributed by atoms with Crippen molar-refractivity contribution >= 4 is 44.9 Å². The Morgan fingerprint density at radius 3 is 2.18 bits per heavy atom. The number of benzene rings is 3. The van der Waals surface area contributed by atoms with Crippen LogP contribution in [0.3, 0.4) is 0 Å². The lowest BCUT2D eigenvalue weighted by atomic mass is 10.2. The molecule has 0 bridgehead atoms. The molecule has 0 unspecified atom stereocenters. The van der Waals surface area contributed by atoms with E-state index < -0.39 is 45.0 Å². The van der Waals surface area contributed by atoms with Gasteiger partial charge < -0.3 is 24.3 Å². The number of nitrogens with one attached hydrogen (secondary N) is 2. The summed E-state index contributed by atoms with van der Waals surface area (Å²) in [5.41, 5.74) is -0.560. The Labute approximate surface area is 221 Å². The van der Waals surface area contributed by atoms with Gasteiger partial charge in [-0.2, -0.15) is 0 Å². The average molecular weight is 571 g/mol. The van der Waals surface area contributed by atoms with Crippen molar-refractivity contribution < 1.29 is 45.7 Å². The third-order valence-electron chi connectivity index (χ3n) is 4.95. The molecule has 0 aliphatic rings. The van der Waals surface area contributed by atoms with Gasteiger partial charge in [0.15, 0.2) is 6.61 Å². The molecule has 0 saturated heterocycles. The summed E-state index contributed by atoms with van der Waals surface area (Å²) in [5, 5.41) is 2.24. The molecular weight excluding hydrogens is 550 g/mol. The van der Waals surface area contributed by atoms with E-state index in [9.17, 15) is 26.8 Å². The van der Waals surface area contributed by atoms with Crippen LogP contribution in [0.25, 0.3) is 0 Å². The number of amides is 1. The second-order valence-electron chi connectivity index (χ2n) is 7.41. The molecule has 0 aliphatic carbocycles. The number of methoxy groups -OCH3 is 3. The fourth-order valence-corrected chi connectivity index (χ4v) is 4.64. The van der Waals surface area contributed by atoms with Gasteiger partial charge >= 0.3 is 5.97 Å². The zero-order chi connectivity index (χ0) is 28.0. The molecule has 0 spiro atoms. The van der Waals surface area contributed by atoms with E-state index in [1.807, 2.05) is 0 Å². The molecule has 0 aromatic heterocycles. The Morgan fingerprint density at radius 1 is 0.868 bits per heavy atom. The molecule has 38 heavy (non-hydrogen) atoms. The predicted octanol–water partition coefficient (Wildman–Crippen LogP) is 4.24. The molecule has 3 rings (SSSR count). The minimum Gasteiger partial charge on any atom is -0.495 e. The summed E-state index contributed by atoms with van der Waals surface area (Å²) < 4.78 is 75.8. The molecule has 3 aromatic rings. The second-order valence-corrected chi connectivity index (χ2v) is 9.46. The molecule has 0 radical (unpaired) electrons. The minimum absolute atomic E-state index is 0.0157. The van der Waals surface area contributed by atoms with Crippen LogP contribution in [0.4, 0.5) is 20.2 Å². The Balaban J connectivity index is 1.80. The van der Waals surface area contributed by atoms with Crippen LogP contribution < -0.4 is 24.2 Å². The molecule has 0 atom stereocenters. The van der Waals surface area contributed by atoms with Crippen molar-refractivity contribution in [2.45, 2.75) is 4.90 Å². The van der Waals surface area contributed by atoms with Crippen molar-refractivity contribution in [1.29, 1.82) is 0 Å². The first-order valence-electron chi connectivity index (χ1n) is 10.5. The van der Waals surface area contributed by atoms with E-state index in [1.165, 1.54) is 45.6 Å². The van der Waals surface area contributed by atoms with Gasteiger partial charge in [-0.15, -0.1) is 0 Å². The van der Waals surface area contributed by atoms with Crippen LogP contribution in [0.2, 0.25) is 5.02 Å². The molecule has 0 saturated carbocycles. The first kappa shape index (κ1) is 28.5. The molecule has 0 aliphatic heterocycles. The third kappa shape index (κ3) is 6.61. The normalized spacial score (nSPS) is 10.9. The highest BCUT2D eigenvalue weighted by Crippen LogP contribution is 2.37. The number of carbonyl (C=O) groups is 2. The van der Waals surface area contributed by atoms with E-state index in [0.717, 1.165) is 18.2 Å². The SMILES string of the molecule is COc1cc(OC)c(NS(=O)(=O)c2cc(C(=O)OCC(=O)Nc3ccc(F)cc3F)ccc2OC)cc1Cl. The van der Waals surface area contributed by atoms with E-state index in [1.54, 1.807) is 0 Å². The molecular formula is C24H21ClF2N2O8S. The first-order valence-corrected chi connectivity index (χ1v) is 12.4. The molecule has 10 nitrogen and oxygen atoms in total. The van der Waals surface area contributed by atoms with Gasteiger partial charge in [0, 0.05) is 12.1 Å². The van der Waals surface area contributed by atoms with Crippen molar-refractivity contribution in [2.75, 3.05) is 38.0 Å². The quantitative estimate of drug-likeness (QED) is 0.346. The zero-order valence-electron chi connectivity index (χ0n) is 20.1. The summed E-state index contributed by atoms with van der Waals surface area (Å²) in [4.78, 5) is 24.1. The van der Waals surface area contributed by atoms with Gasteiger partial charge in [-0.3, -0.25) is 9.52 Å². The van der Waals surface area contributed by atoms with Crippen LogP contribution >= 0.6 is 11.6 Å². The zero-order valence-corrected chi connectivity index (χ0v) is 21.7. The molecule has 2 N–H and O–H groups in total. The summed E-state index contributed by atoms with van der Waals surface area (Å²) >= 11 is 6.11. The van der Waals surface area contributed by atoms with Crippen molar-refractivity contribution in [3.63, 3.8) is 0 Å². The van der Waals surface area contributed by atoms with E-state index >= 15 is 0 Å². The van der Waals surface area contributed by atoms with Gasteiger partial charge in [-0.1, -0.05) is 11.6 Å². The maximum atomic E-state index is 13.7. The number of hydrogen-bond donors (Lipinski definition) is 2. The maximum absolute atomic E-state index is 13.7. The summed E-state index contributed by atoms with van der Waals surface area (Å²) in [5.74, 6) is -3.55. The van der Waals surface area contributed by atoms with Gasteiger partial charge in [-0.05, 0) is 36.4 Å². The van der Waals surface area contributed by atoms with Gasteiger partial charge in [-0.25, -0.2) is 22.0 Å². The van der Waals surface area contributed by atoms with Crippen LogP contribution in [-0.2, 0) is 19.6 Å². The highest BCUT2D eigenvalue weighted by atomic mass is 35.5. The molecule has 1 amide bonds. The number of halogens is 3. The number of anilines is 2. The van der Waals surface area contributed by atoms with Crippen LogP contribution in [0.1, 0.15) is 10.4 Å². The number of hydrogen-bond acceptors (Lipinski definition) is 8. The first-order chi connectivity index (χ1) is 18.0. The fraction of sp³-hybridized carbons (Fsp3) is 0.167. The summed E-state index contributed by atoms with van der Waals surface area (Å²) in [6.45, 7) is -0.830. The van der Waals surface area contributed by atoms with Crippen LogP contribution in [-0.4, -0.2) is 48.2 Å². The topological polar surface area (TPSA) is 129 Å². The van der Waals surface area contributed by atoms with Gasteiger partial charge in [0.25, 0.3) is 15.9 Å². The monoisotopic (exact) mass is 570 g/mol. The van der Waals surface area contributed by atoms with E-state index in [4.69, 9.17) is 30.5 Å². The van der Waals surface area contributed by atoms with Crippen LogP contribution in [0, 0.1) is 11.6 Å². The van der Waals surface area contributed by atoms with Crippen molar-refractivity contribution in [3.8, 4) is 17.2 Å². The van der Waals surface area contributed by atoms with E-state index in [2.05, 4.69) is 10.0 Å². The maximum Gasteiger partial charge on any atom is 0.338 e. The second kappa shape index (κ2) is 12.0. The number of ether oxygens (including phenoxy) is 4.